The molecule has 0 spiro atoms. The average molecular weight is 408 g/mol. The van der Waals surface area contributed by atoms with Gasteiger partial charge in [0, 0.05) is 43.1 Å². The summed E-state index contributed by atoms with van der Waals surface area (Å²) in [5, 5.41) is 3.36. The molecule has 3 heterocycles. The molecule has 1 aromatic carbocycles. The fourth-order valence-corrected chi connectivity index (χ4v) is 3.28. The van der Waals surface area contributed by atoms with E-state index in [-0.39, 0.29) is 11.5 Å². The Balaban J connectivity index is 1.45. The Labute approximate surface area is 171 Å². The summed E-state index contributed by atoms with van der Waals surface area (Å²) in [6.07, 6.45) is 6.94. The van der Waals surface area contributed by atoms with Crippen molar-refractivity contribution in [2.45, 2.75) is 6.54 Å². The van der Waals surface area contributed by atoms with Crippen LogP contribution in [0.2, 0.25) is 5.02 Å². The molecule has 29 heavy (non-hydrogen) atoms. The number of nitrogens with one attached hydrogen (secondary N) is 1. The van der Waals surface area contributed by atoms with Crippen molar-refractivity contribution in [2.24, 2.45) is 7.05 Å². The standard InChI is InChI=1S/C21H18ClN5O2/c1-25-12-15(22)10-19(25)21(29)23-11-16-13-26(14-24-16)17-5-7-18(8-6-17)27-9-3-2-4-20(27)28/h2-10,12-14H,11H2,1H3,(H,23,29). The molecule has 4 rings (SSSR count). The summed E-state index contributed by atoms with van der Waals surface area (Å²) in [7, 11) is 1.77. The van der Waals surface area contributed by atoms with Crippen molar-refractivity contribution in [3.8, 4) is 11.4 Å². The zero-order chi connectivity index (χ0) is 20.4. The molecule has 0 aliphatic rings. The lowest BCUT2D eigenvalue weighted by Crippen LogP contribution is -2.24. The molecule has 8 heteroatoms. The van der Waals surface area contributed by atoms with Gasteiger partial charge in [0.2, 0.25) is 0 Å². The molecule has 0 atom stereocenters. The fourth-order valence-electron chi connectivity index (χ4n) is 3.03. The lowest BCUT2D eigenvalue weighted by atomic mass is 10.2. The predicted octanol–water partition coefficient (Wildman–Crippen LogP) is 2.95. The molecular weight excluding hydrogens is 390 g/mol. The third-order valence-electron chi connectivity index (χ3n) is 4.52. The summed E-state index contributed by atoms with van der Waals surface area (Å²) in [6, 6.07) is 14.2. The van der Waals surface area contributed by atoms with Gasteiger partial charge in [-0.3, -0.25) is 14.2 Å². The summed E-state index contributed by atoms with van der Waals surface area (Å²) < 4.78 is 5.11. The van der Waals surface area contributed by atoms with Crippen LogP contribution in [0.3, 0.4) is 0 Å². The third-order valence-corrected chi connectivity index (χ3v) is 4.73. The summed E-state index contributed by atoms with van der Waals surface area (Å²) in [5.41, 5.74) is 2.81. The first-order chi connectivity index (χ1) is 14.0. The molecule has 4 aromatic rings. The molecule has 146 valence electrons. The van der Waals surface area contributed by atoms with Crippen LogP contribution < -0.4 is 10.9 Å². The Morgan fingerprint density at radius 2 is 1.86 bits per heavy atom. The summed E-state index contributed by atoms with van der Waals surface area (Å²) >= 11 is 5.92. The second-order valence-electron chi connectivity index (χ2n) is 6.53. The highest BCUT2D eigenvalue weighted by molar-refractivity contribution is 6.31. The molecule has 0 saturated heterocycles. The summed E-state index contributed by atoms with van der Waals surface area (Å²) in [6.45, 7) is 0.298. The van der Waals surface area contributed by atoms with Crippen molar-refractivity contribution < 1.29 is 4.79 Å². The van der Waals surface area contributed by atoms with Gasteiger partial charge in [0.1, 0.15) is 5.69 Å². The number of aromatic nitrogens is 4. The van der Waals surface area contributed by atoms with Gasteiger partial charge in [-0.25, -0.2) is 4.98 Å². The number of aryl methyl sites for hydroxylation is 1. The lowest BCUT2D eigenvalue weighted by molar-refractivity contribution is 0.0942. The van der Waals surface area contributed by atoms with E-state index in [9.17, 15) is 9.59 Å². The lowest BCUT2D eigenvalue weighted by Gasteiger charge is -2.07. The van der Waals surface area contributed by atoms with Crippen LogP contribution in [-0.2, 0) is 13.6 Å². The Kier molecular flexibility index (Phi) is 5.05. The molecule has 0 aliphatic heterocycles. The van der Waals surface area contributed by atoms with Crippen molar-refractivity contribution in [1.82, 2.24) is 24.0 Å². The van der Waals surface area contributed by atoms with Gasteiger partial charge in [0.25, 0.3) is 11.5 Å². The first-order valence-electron chi connectivity index (χ1n) is 8.93. The zero-order valence-corrected chi connectivity index (χ0v) is 16.4. The maximum Gasteiger partial charge on any atom is 0.268 e. The highest BCUT2D eigenvalue weighted by Crippen LogP contribution is 2.14. The van der Waals surface area contributed by atoms with Gasteiger partial charge >= 0.3 is 0 Å². The second kappa shape index (κ2) is 7.81. The van der Waals surface area contributed by atoms with E-state index in [1.54, 1.807) is 47.0 Å². The van der Waals surface area contributed by atoms with Gasteiger partial charge in [-0.2, -0.15) is 0 Å². The number of pyridine rings is 1. The van der Waals surface area contributed by atoms with E-state index in [0.717, 1.165) is 17.1 Å². The molecule has 7 nitrogen and oxygen atoms in total. The summed E-state index contributed by atoms with van der Waals surface area (Å²) in [4.78, 5) is 28.6. The quantitative estimate of drug-likeness (QED) is 0.552. The van der Waals surface area contributed by atoms with Crippen molar-refractivity contribution in [2.75, 3.05) is 0 Å². The molecule has 0 saturated carbocycles. The number of benzene rings is 1. The fraction of sp³-hybridized carbons (Fsp3) is 0.0952. The second-order valence-corrected chi connectivity index (χ2v) is 6.97. The number of imidazole rings is 1. The number of hydrogen-bond acceptors (Lipinski definition) is 3. The van der Waals surface area contributed by atoms with E-state index in [0.29, 0.717) is 17.3 Å². The number of carbonyl (C=O) groups excluding carboxylic acids is 1. The molecular formula is C21H18ClN5O2. The Morgan fingerprint density at radius 3 is 2.55 bits per heavy atom. The Hall–Kier alpha value is -3.58. The van der Waals surface area contributed by atoms with Crippen molar-refractivity contribution in [3.63, 3.8) is 0 Å². The number of carbonyl (C=O) groups is 1. The van der Waals surface area contributed by atoms with Crippen LogP contribution in [0.1, 0.15) is 16.2 Å². The number of nitrogens with zero attached hydrogens (tertiary/aromatic N) is 4. The summed E-state index contributed by atoms with van der Waals surface area (Å²) in [5.74, 6) is -0.216. The van der Waals surface area contributed by atoms with E-state index < -0.39 is 0 Å². The van der Waals surface area contributed by atoms with Gasteiger partial charge < -0.3 is 14.5 Å². The SMILES string of the molecule is Cn1cc(Cl)cc1C(=O)NCc1cn(-c2ccc(-n3ccccc3=O)cc2)cn1. The highest BCUT2D eigenvalue weighted by Gasteiger charge is 2.11. The van der Waals surface area contributed by atoms with Crippen molar-refractivity contribution >= 4 is 17.5 Å². The molecule has 3 aromatic heterocycles. The number of halogens is 1. The molecule has 0 radical (unpaired) electrons. The molecule has 0 bridgehead atoms. The van der Waals surface area contributed by atoms with Gasteiger partial charge in [0.15, 0.2) is 0 Å². The van der Waals surface area contributed by atoms with Gasteiger partial charge in [-0.05, 0) is 36.4 Å². The Morgan fingerprint density at radius 1 is 1.10 bits per heavy atom. The van der Waals surface area contributed by atoms with Crippen LogP contribution >= 0.6 is 11.6 Å². The van der Waals surface area contributed by atoms with Gasteiger partial charge in [-0.1, -0.05) is 17.7 Å². The van der Waals surface area contributed by atoms with E-state index in [2.05, 4.69) is 10.3 Å². The maximum atomic E-state index is 12.3. The van der Waals surface area contributed by atoms with E-state index in [4.69, 9.17) is 11.6 Å². The minimum absolute atomic E-state index is 0.0829. The van der Waals surface area contributed by atoms with E-state index in [1.807, 2.05) is 41.1 Å². The number of hydrogen-bond donors (Lipinski definition) is 1. The van der Waals surface area contributed by atoms with E-state index >= 15 is 0 Å². The number of rotatable bonds is 5. The van der Waals surface area contributed by atoms with E-state index in [1.165, 1.54) is 6.07 Å². The van der Waals surface area contributed by atoms with Gasteiger partial charge in [0.05, 0.1) is 23.6 Å². The number of amides is 1. The molecule has 0 fully saturated rings. The van der Waals surface area contributed by atoms with Crippen LogP contribution in [-0.4, -0.2) is 24.6 Å². The normalized spacial score (nSPS) is 10.8. The molecule has 1 N–H and O–H groups in total. The third kappa shape index (κ3) is 4.00. The molecule has 1 amide bonds. The first-order valence-corrected chi connectivity index (χ1v) is 9.30. The maximum absolute atomic E-state index is 12.3. The van der Waals surface area contributed by atoms with Crippen molar-refractivity contribution in [3.05, 3.63) is 100 Å². The molecule has 0 unspecified atom stereocenters. The average Bonchev–Trinajstić information content (AvgIpc) is 3.33. The first kappa shape index (κ1) is 18.8. The van der Waals surface area contributed by atoms with Crippen LogP contribution in [0.15, 0.2) is 78.2 Å². The van der Waals surface area contributed by atoms with Crippen LogP contribution in [0.5, 0.6) is 0 Å². The van der Waals surface area contributed by atoms with Gasteiger partial charge in [-0.15, -0.1) is 0 Å². The van der Waals surface area contributed by atoms with Crippen molar-refractivity contribution in [1.29, 1.82) is 0 Å². The zero-order valence-electron chi connectivity index (χ0n) is 15.6. The van der Waals surface area contributed by atoms with Crippen LogP contribution in [0.4, 0.5) is 0 Å². The minimum atomic E-state index is -0.216. The highest BCUT2D eigenvalue weighted by atomic mass is 35.5. The minimum Gasteiger partial charge on any atom is -0.345 e. The largest absolute Gasteiger partial charge is 0.345 e. The van der Waals surface area contributed by atoms with Crippen LogP contribution in [0.25, 0.3) is 11.4 Å². The molecule has 0 aliphatic carbocycles. The smallest absolute Gasteiger partial charge is 0.268 e. The Bertz CT molecular complexity index is 1220. The van der Waals surface area contributed by atoms with Crippen LogP contribution in [0, 0.1) is 0 Å². The topological polar surface area (TPSA) is 73.8 Å². The monoisotopic (exact) mass is 407 g/mol. The predicted molar refractivity (Wildman–Crippen MR) is 111 cm³/mol.